The van der Waals surface area contributed by atoms with Gasteiger partial charge in [0, 0.05) is 16.9 Å². The van der Waals surface area contributed by atoms with Crippen LogP contribution >= 0.6 is 0 Å². The standard InChI is InChI=1S/C14H14N4O/c15-12-5-1-3-10(7-12)9-17-18-14(19)11-4-2-6-13(16)8-11/h1-9H,15-16H2,(H,18,19)/b17-9+. The lowest BCUT2D eigenvalue weighted by molar-refractivity contribution is 0.0955. The summed E-state index contributed by atoms with van der Waals surface area (Å²) >= 11 is 0. The van der Waals surface area contributed by atoms with E-state index in [1.54, 1.807) is 36.4 Å². The summed E-state index contributed by atoms with van der Waals surface area (Å²) in [6.45, 7) is 0. The summed E-state index contributed by atoms with van der Waals surface area (Å²) in [7, 11) is 0. The first-order valence-electron chi connectivity index (χ1n) is 5.69. The molecule has 0 aliphatic heterocycles. The quantitative estimate of drug-likeness (QED) is 0.441. The second-order valence-electron chi connectivity index (χ2n) is 3.99. The predicted molar refractivity (Wildman–Crippen MR) is 76.8 cm³/mol. The van der Waals surface area contributed by atoms with Crippen molar-refractivity contribution in [3.05, 3.63) is 59.7 Å². The predicted octanol–water partition coefficient (Wildman–Crippen LogP) is 1.61. The molecule has 0 saturated carbocycles. The largest absolute Gasteiger partial charge is 0.399 e. The Labute approximate surface area is 110 Å². The first-order valence-corrected chi connectivity index (χ1v) is 5.69. The van der Waals surface area contributed by atoms with Crippen LogP contribution in [0.2, 0.25) is 0 Å². The van der Waals surface area contributed by atoms with E-state index >= 15 is 0 Å². The van der Waals surface area contributed by atoms with E-state index in [4.69, 9.17) is 11.5 Å². The zero-order valence-corrected chi connectivity index (χ0v) is 10.2. The Balaban J connectivity index is 2.01. The van der Waals surface area contributed by atoms with Crippen molar-refractivity contribution in [2.24, 2.45) is 5.10 Å². The molecular formula is C14H14N4O. The molecule has 96 valence electrons. The fraction of sp³-hybridized carbons (Fsp3) is 0. The number of amides is 1. The molecule has 0 aliphatic rings. The third-order valence-corrected chi connectivity index (χ3v) is 2.44. The topological polar surface area (TPSA) is 93.5 Å². The number of carbonyl (C=O) groups excluding carboxylic acids is 1. The van der Waals surface area contributed by atoms with Crippen molar-refractivity contribution in [2.75, 3.05) is 11.5 Å². The molecule has 0 aromatic heterocycles. The fourth-order valence-electron chi connectivity index (χ4n) is 1.55. The van der Waals surface area contributed by atoms with Crippen molar-refractivity contribution in [2.45, 2.75) is 0 Å². The number of hydrazone groups is 1. The molecule has 0 radical (unpaired) electrons. The second kappa shape index (κ2) is 5.68. The summed E-state index contributed by atoms with van der Waals surface area (Å²) in [6, 6.07) is 13.9. The number of hydrogen-bond acceptors (Lipinski definition) is 4. The van der Waals surface area contributed by atoms with Gasteiger partial charge in [0.05, 0.1) is 6.21 Å². The zero-order chi connectivity index (χ0) is 13.7. The normalized spacial score (nSPS) is 10.5. The summed E-state index contributed by atoms with van der Waals surface area (Å²) in [5.41, 5.74) is 16.1. The van der Waals surface area contributed by atoms with Gasteiger partial charge in [-0.2, -0.15) is 5.10 Å². The summed E-state index contributed by atoms with van der Waals surface area (Å²) < 4.78 is 0. The van der Waals surface area contributed by atoms with Gasteiger partial charge in [-0.25, -0.2) is 5.43 Å². The summed E-state index contributed by atoms with van der Waals surface area (Å²) in [5, 5.41) is 3.87. The molecular weight excluding hydrogens is 240 g/mol. The molecule has 2 rings (SSSR count). The highest BCUT2D eigenvalue weighted by molar-refractivity contribution is 5.95. The van der Waals surface area contributed by atoms with Crippen molar-refractivity contribution < 1.29 is 4.79 Å². The van der Waals surface area contributed by atoms with E-state index in [2.05, 4.69) is 10.5 Å². The van der Waals surface area contributed by atoms with E-state index in [0.717, 1.165) is 5.56 Å². The maximum absolute atomic E-state index is 11.7. The molecule has 0 fully saturated rings. The molecule has 5 nitrogen and oxygen atoms in total. The smallest absolute Gasteiger partial charge is 0.271 e. The Bertz CT molecular complexity index is 622. The van der Waals surface area contributed by atoms with E-state index in [9.17, 15) is 4.79 Å². The number of nitrogens with one attached hydrogen (secondary N) is 1. The monoisotopic (exact) mass is 254 g/mol. The van der Waals surface area contributed by atoms with Gasteiger partial charge in [0.15, 0.2) is 0 Å². The second-order valence-corrected chi connectivity index (χ2v) is 3.99. The number of hydrogen-bond donors (Lipinski definition) is 3. The molecule has 5 heteroatoms. The Kier molecular flexibility index (Phi) is 3.78. The van der Waals surface area contributed by atoms with Crippen LogP contribution in [0.15, 0.2) is 53.6 Å². The van der Waals surface area contributed by atoms with Gasteiger partial charge in [-0.3, -0.25) is 4.79 Å². The number of rotatable bonds is 3. The Hall–Kier alpha value is -2.82. The summed E-state index contributed by atoms with van der Waals surface area (Å²) in [6.07, 6.45) is 1.53. The van der Waals surface area contributed by atoms with E-state index in [-0.39, 0.29) is 5.91 Å². The van der Waals surface area contributed by atoms with Crippen LogP contribution in [0.25, 0.3) is 0 Å². The number of carbonyl (C=O) groups is 1. The minimum absolute atomic E-state index is 0.313. The molecule has 5 N–H and O–H groups in total. The van der Waals surface area contributed by atoms with Gasteiger partial charge in [-0.05, 0) is 35.9 Å². The molecule has 1 amide bonds. The molecule has 2 aromatic carbocycles. The van der Waals surface area contributed by atoms with Crippen LogP contribution in [0.3, 0.4) is 0 Å². The van der Waals surface area contributed by atoms with Crippen LogP contribution in [-0.2, 0) is 0 Å². The number of benzene rings is 2. The minimum atomic E-state index is -0.313. The lowest BCUT2D eigenvalue weighted by atomic mass is 10.2. The highest BCUT2D eigenvalue weighted by Gasteiger charge is 2.03. The maximum atomic E-state index is 11.7. The Morgan fingerprint density at radius 2 is 1.74 bits per heavy atom. The van der Waals surface area contributed by atoms with Crippen LogP contribution in [-0.4, -0.2) is 12.1 Å². The maximum Gasteiger partial charge on any atom is 0.271 e. The van der Waals surface area contributed by atoms with Crippen LogP contribution in [0.5, 0.6) is 0 Å². The molecule has 0 spiro atoms. The van der Waals surface area contributed by atoms with Gasteiger partial charge < -0.3 is 11.5 Å². The SMILES string of the molecule is Nc1cccc(/C=N/NC(=O)c2cccc(N)c2)c1. The number of nitrogens with zero attached hydrogens (tertiary/aromatic N) is 1. The first-order chi connectivity index (χ1) is 9.15. The molecule has 0 unspecified atom stereocenters. The molecule has 19 heavy (non-hydrogen) atoms. The third kappa shape index (κ3) is 3.57. The first kappa shape index (κ1) is 12.6. The Morgan fingerprint density at radius 1 is 1.05 bits per heavy atom. The van der Waals surface area contributed by atoms with Crippen molar-refractivity contribution in [3.63, 3.8) is 0 Å². The average Bonchev–Trinajstić information content (AvgIpc) is 2.38. The lowest BCUT2D eigenvalue weighted by Gasteiger charge is -2.01. The van der Waals surface area contributed by atoms with Gasteiger partial charge >= 0.3 is 0 Å². The molecule has 0 aliphatic carbocycles. The molecule has 0 bridgehead atoms. The van der Waals surface area contributed by atoms with Gasteiger partial charge in [0.25, 0.3) is 5.91 Å². The number of nitrogens with two attached hydrogens (primary N) is 2. The minimum Gasteiger partial charge on any atom is -0.399 e. The highest BCUT2D eigenvalue weighted by atomic mass is 16.2. The van der Waals surface area contributed by atoms with E-state index in [1.807, 2.05) is 12.1 Å². The lowest BCUT2D eigenvalue weighted by Crippen LogP contribution is -2.17. The van der Waals surface area contributed by atoms with Crippen molar-refractivity contribution in [1.29, 1.82) is 0 Å². The zero-order valence-electron chi connectivity index (χ0n) is 10.2. The fourth-order valence-corrected chi connectivity index (χ4v) is 1.55. The summed E-state index contributed by atoms with van der Waals surface area (Å²) in [4.78, 5) is 11.7. The summed E-state index contributed by atoms with van der Waals surface area (Å²) in [5.74, 6) is -0.313. The average molecular weight is 254 g/mol. The van der Waals surface area contributed by atoms with Crippen LogP contribution < -0.4 is 16.9 Å². The van der Waals surface area contributed by atoms with Crippen LogP contribution in [0, 0.1) is 0 Å². The van der Waals surface area contributed by atoms with Gasteiger partial charge in [-0.15, -0.1) is 0 Å². The van der Waals surface area contributed by atoms with Crippen molar-refractivity contribution in [1.82, 2.24) is 5.43 Å². The third-order valence-electron chi connectivity index (χ3n) is 2.44. The van der Waals surface area contributed by atoms with E-state index in [1.165, 1.54) is 6.21 Å². The van der Waals surface area contributed by atoms with Gasteiger partial charge in [0.2, 0.25) is 0 Å². The molecule has 2 aromatic rings. The number of anilines is 2. The van der Waals surface area contributed by atoms with Crippen molar-refractivity contribution in [3.8, 4) is 0 Å². The van der Waals surface area contributed by atoms with Crippen molar-refractivity contribution >= 4 is 23.5 Å². The van der Waals surface area contributed by atoms with Crippen LogP contribution in [0.1, 0.15) is 15.9 Å². The molecule has 0 atom stereocenters. The number of nitrogen functional groups attached to an aromatic ring is 2. The molecule has 0 saturated heterocycles. The van der Waals surface area contributed by atoms with Crippen LogP contribution in [0.4, 0.5) is 11.4 Å². The van der Waals surface area contributed by atoms with E-state index in [0.29, 0.717) is 16.9 Å². The van der Waals surface area contributed by atoms with E-state index < -0.39 is 0 Å². The van der Waals surface area contributed by atoms with Gasteiger partial charge in [0.1, 0.15) is 0 Å². The molecule has 0 heterocycles. The highest BCUT2D eigenvalue weighted by Crippen LogP contribution is 2.06. The van der Waals surface area contributed by atoms with Gasteiger partial charge in [-0.1, -0.05) is 18.2 Å². The Morgan fingerprint density at radius 3 is 2.42 bits per heavy atom.